The number of nitrogens with one attached hydrogen (secondary N) is 1. The maximum atomic E-state index is 12.1. The van der Waals surface area contributed by atoms with Crippen LogP contribution in [-0.4, -0.2) is 14.7 Å². The Hall–Kier alpha value is -2.30. The van der Waals surface area contributed by atoms with Gasteiger partial charge in [-0.05, 0) is 30.7 Å². The van der Waals surface area contributed by atoms with Crippen molar-refractivity contribution in [3.8, 4) is 17.0 Å². The zero-order valence-corrected chi connectivity index (χ0v) is 12.1. The summed E-state index contributed by atoms with van der Waals surface area (Å²) in [6, 6.07) is 7.28. The molecule has 1 fully saturated rings. The molecule has 1 heterocycles. The molecular weight excluding hydrogens is 268 g/mol. The zero-order chi connectivity index (χ0) is 15.2. The van der Waals surface area contributed by atoms with Gasteiger partial charge in [-0.2, -0.15) is 0 Å². The molecule has 110 valence electrons. The Kier molecular flexibility index (Phi) is 3.01. The molecule has 0 spiro atoms. The first kappa shape index (κ1) is 13.7. The van der Waals surface area contributed by atoms with Gasteiger partial charge in [0.1, 0.15) is 5.56 Å². The van der Waals surface area contributed by atoms with Crippen LogP contribution in [0.1, 0.15) is 25.3 Å². The Morgan fingerprint density at radius 3 is 2.43 bits per heavy atom. The highest BCUT2D eigenvalue weighted by atomic mass is 16.3. The number of aryl methyl sites for hydroxylation is 1. The van der Waals surface area contributed by atoms with Crippen LogP contribution in [0.4, 0.5) is 0 Å². The highest BCUT2D eigenvalue weighted by molar-refractivity contribution is 5.67. The fourth-order valence-corrected chi connectivity index (χ4v) is 2.44. The summed E-state index contributed by atoms with van der Waals surface area (Å²) >= 11 is 0. The first-order valence-corrected chi connectivity index (χ1v) is 7.03. The molecule has 5 nitrogen and oxygen atoms in total. The van der Waals surface area contributed by atoms with Gasteiger partial charge in [0, 0.05) is 6.54 Å². The summed E-state index contributed by atoms with van der Waals surface area (Å²) in [6.07, 6.45) is 2.05. The van der Waals surface area contributed by atoms with Crippen molar-refractivity contribution in [2.24, 2.45) is 5.41 Å². The number of rotatable bonds is 3. The van der Waals surface area contributed by atoms with Crippen LogP contribution in [0.15, 0.2) is 33.9 Å². The Morgan fingerprint density at radius 2 is 1.86 bits per heavy atom. The average molecular weight is 286 g/mol. The topological polar surface area (TPSA) is 75.1 Å². The highest BCUT2D eigenvalue weighted by Crippen LogP contribution is 2.46. The van der Waals surface area contributed by atoms with Gasteiger partial charge in [0.15, 0.2) is 0 Å². The van der Waals surface area contributed by atoms with Crippen LogP contribution < -0.4 is 11.2 Å². The van der Waals surface area contributed by atoms with Crippen molar-refractivity contribution >= 4 is 0 Å². The van der Waals surface area contributed by atoms with Crippen molar-refractivity contribution in [3.05, 3.63) is 50.7 Å². The summed E-state index contributed by atoms with van der Waals surface area (Å²) in [4.78, 5) is 26.3. The molecule has 0 amide bonds. The van der Waals surface area contributed by atoms with Crippen LogP contribution in [0.5, 0.6) is 5.88 Å². The molecule has 1 aromatic heterocycles. The van der Waals surface area contributed by atoms with Gasteiger partial charge in [-0.3, -0.25) is 14.3 Å². The molecule has 0 atom stereocenters. The van der Waals surface area contributed by atoms with Crippen molar-refractivity contribution in [2.45, 2.75) is 33.2 Å². The van der Waals surface area contributed by atoms with Crippen LogP contribution in [0.2, 0.25) is 0 Å². The number of aromatic amines is 1. The Labute approximate surface area is 121 Å². The molecule has 1 aliphatic carbocycles. The van der Waals surface area contributed by atoms with E-state index in [0.717, 1.165) is 18.4 Å². The number of nitrogens with zero attached hydrogens (tertiary/aromatic N) is 1. The van der Waals surface area contributed by atoms with Crippen molar-refractivity contribution < 1.29 is 5.11 Å². The highest BCUT2D eigenvalue weighted by Gasteiger charge is 2.38. The molecule has 0 radical (unpaired) electrons. The Balaban J connectivity index is 2.16. The van der Waals surface area contributed by atoms with E-state index in [0.29, 0.717) is 12.1 Å². The van der Waals surface area contributed by atoms with E-state index >= 15 is 0 Å². The fourth-order valence-electron chi connectivity index (χ4n) is 2.44. The Bertz CT molecular complexity index is 796. The third-order valence-corrected chi connectivity index (χ3v) is 4.16. The standard InChI is InChI=1S/C16H18N2O3/c1-10-3-5-11(6-4-10)12-13(19)17-15(21)18(14(12)20)9-16(2)7-8-16/h3-6,20H,7-9H2,1-2H3,(H,17,19,21). The molecule has 0 aliphatic heterocycles. The maximum Gasteiger partial charge on any atom is 0.331 e. The lowest BCUT2D eigenvalue weighted by Crippen LogP contribution is -2.32. The van der Waals surface area contributed by atoms with Crippen LogP contribution >= 0.6 is 0 Å². The van der Waals surface area contributed by atoms with Crippen LogP contribution in [0, 0.1) is 12.3 Å². The van der Waals surface area contributed by atoms with E-state index in [2.05, 4.69) is 11.9 Å². The van der Waals surface area contributed by atoms with Gasteiger partial charge < -0.3 is 5.11 Å². The fraction of sp³-hybridized carbons (Fsp3) is 0.375. The third-order valence-electron chi connectivity index (χ3n) is 4.16. The Morgan fingerprint density at radius 1 is 1.24 bits per heavy atom. The molecule has 2 N–H and O–H groups in total. The van der Waals surface area contributed by atoms with Crippen molar-refractivity contribution in [1.29, 1.82) is 0 Å². The van der Waals surface area contributed by atoms with Gasteiger partial charge >= 0.3 is 5.69 Å². The van der Waals surface area contributed by atoms with Crippen molar-refractivity contribution in [2.75, 3.05) is 0 Å². The molecule has 1 aliphatic rings. The minimum Gasteiger partial charge on any atom is -0.494 e. The smallest absolute Gasteiger partial charge is 0.331 e. The van der Waals surface area contributed by atoms with Gasteiger partial charge in [-0.1, -0.05) is 36.8 Å². The van der Waals surface area contributed by atoms with Gasteiger partial charge in [-0.25, -0.2) is 4.79 Å². The molecule has 21 heavy (non-hydrogen) atoms. The second-order valence-corrected chi connectivity index (χ2v) is 6.22. The van der Waals surface area contributed by atoms with Gasteiger partial charge in [0.05, 0.1) is 0 Å². The van der Waals surface area contributed by atoms with Gasteiger partial charge in [-0.15, -0.1) is 0 Å². The summed E-state index contributed by atoms with van der Waals surface area (Å²) in [5, 5.41) is 10.4. The average Bonchev–Trinajstić information content (AvgIpc) is 3.15. The number of hydrogen-bond donors (Lipinski definition) is 2. The molecule has 0 bridgehead atoms. The molecule has 0 saturated heterocycles. The number of hydrogen-bond acceptors (Lipinski definition) is 3. The molecule has 3 rings (SSSR count). The normalized spacial score (nSPS) is 15.9. The second kappa shape index (κ2) is 4.62. The van der Waals surface area contributed by atoms with E-state index in [-0.39, 0.29) is 16.9 Å². The number of aromatic nitrogens is 2. The van der Waals surface area contributed by atoms with Crippen LogP contribution in [-0.2, 0) is 6.54 Å². The zero-order valence-electron chi connectivity index (χ0n) is 12.1. The lowest BCUT2D eigenvalue weighted by atomic mass is 10.1. The van der Waals surface area contributed by atoms with E-state index in [1.54, 1.807) is 12.1 Å². The van der Waals surface area contributed by atoms with Crippen LogP contribution in [0.3, 0.4) is 0 Å². The summed E-state index contributed by atoms with van der Waals surface area (Å²) in [5.41, 5.74) is 0.755. The van der Waals surface area contributed by atoms with E-state index in [1.807, 2.05) is 19.1 Å². The summed E-state index contributed by atoms with van der Waals surface area (Å²) in [7, 11) is 0. The largest absolute Gasteiger partial charge is 0.494 e. The van der Waals surface area contributed by atoms with Crippen molar-refractivity contribution in [3.63, 3.8) is 0 Å². The van der Waals surface area contributed by atoms with Gasteiger partial charge in [0.2, 0.25) is 5.88 Å². The molecule has 5 heteroatoms. The van der Waals surface area contributed by atoms with Gasteiger partial charge in [0.25, 0.3) is 5.56 Å². The lowest BCUT2D eigenvalue weighted by Gasteiger charge is -2.15. The third kappa shape index (κ3) is 2.51. The quantitative estimate of drug-likeness (QED) is 0.906. The molecule has 1 aromatic carbocycles. The first-order valence-electron chi connectivity index (χ1n) is 7.03. The van der Waals surface area contributed by atoms with E-state index in [4.69, 9.17) is 0 Å². The van der Waals surface area contributed by atoms with E-state index in [1.165, 1.54) is 4.57 Å². The molecule has 0 unspecified atom stereocenters. The predicted octanol–water partition coefficient (Wildman–Crippen LogP) is 2.02. The molecule has 1 saturated carbocycles. The van der Waals surface area contributed by atoms with E-state index in [9.17, 15) is 14.7 Å². The first-order chi connectivity index (χ1) is 9.89. The predicted molar refractivity (Wildman–Crippen MR) is 80.5 cm³/mol. The minimum absolute atomic E-state index is 0.0457. The maximum absolute atomic E-state index is 12.1. The number of benzene rings is 1. The summed E-state index contributed by atoms with van der Waals surface area (Å²) in [6.45, 7) is 4.44. The van der Waals surface area contributed by atoms with Crippen LogP contribution in [0.25, 0.3) is 11.1 Å². The minimum atomic E-state index is -0.557. The van der Waals surface area contributed by atoms with Crippen molar-refractivity contribution in [1.82, 2.24) is 9.55 Å². The lowest BCUT2D eigenvalue weighted by molar-refractivity contribution is 0.361. The number of aromatic hydroxyl groups is 1. The number of H-pyrrole nitrogens is 1. The van der Waals surface area contributed by atoms with E-state index < -0.39 is 11.2 Å². The second-order valence-electron chi connectivity index (χ2n) is 6.22. The summed E-state index contributed by atoms with van der Waals surface area (Å²) in [5.74, 6) is -0.249. The SMILES string of the molecule is Cc1ccc(-c2c(O)n(CC3(C)CC3)c(=O)[nH]c2=O)cc1. The molecular formula is C16H18N2O3. The monoisotopic (exact) mass is 286 g/mol. The molecule has 2 aromatic rings. The summed E-state index contributed by atoms with van der Waals surface area (Å²) < 4.78 is 1.27.